The van der Waals surface area contributed by atoms with E-state index >= 15 is 0 Å². The third-order valence-corrected chi connectivity index (χ3v) is 1.45. The lowest BCUT2D eigenvalue weighted by atomic mass is 10.2. The lowest BCUT2D eigenvalue weighted by molar-refractivity contribution is 0.577. The molecule has 0 heterocycles. The number of hydrogen-bond donors (Lipinski definition) is 2. The van der Waals surface area contributed by atoms with E-state index in [9.17, 15) is 0 Å². The van der Waals surface area contributed by atoms with Crippen LogP contribution in [0.4, 0.5) is 0 Å². The maximum absolute atomic E-state index is 6.63. The summed E-state index contributed by atoms with van der Waals surface area (Å²) in [7, 11) is 1.92. The summed E-state index contributed by atoms with van der Waals surface area (Å²) in [6.45, 7) is 3.03. The first-order valence-electron chi connectivity index (χ1n) is 3.61. The van der Waals surface area contributed by atoms with Crippen LogP contribution in [0.5, 0.6) is 0 Å². The molecule has 3 heteroatoms. The van der Waals surface area contributed by atoms with Gasteiger partial charge < -0.3 is 5.32 Å². The van der Waals surface area contributed by atoms with E-state index in [1.54, 1.807) is 0 Å². The molecular weight excluding hydrogens is 126 g/mol. The molecule has 0 bridgehead atoms. The lowest BCUT2D eigenvalue weighted by Crippen LogP contribution is -2.14. The van der Waals surface area contributed by atoms with Crippen LogP contribution in [0.1, 0.15) is 19.8 Å². The Balaban J connectivity index is 3.49. The monoisotopic (exact) mass is 141 g/mol. The molecule has 0 saturated carbocycles. The van der Waals surface area contributed by atoms with E-state index in [0.29, 0.717) is 0 Å². The molecule has 0 saturated heterocycles. The van der Waals surface area contributed by atoms with Crippen molar-refractivity contribution >= 4 is 6.01 Å². The van der Waals surface area contributed by atoms with Crippen LogP contribution in [-0.4, -0.2) is 25.6 Å². The fourth-order valence-electron chi connectivity index (χ4n) is 0.762. The van der Waals surface area contributed by atoms with Gasteiger partial charge in [-0.15, -0.1) is 0 Å². The van der Waals surface area contributed by atoms with Crippen LogP contribution in [-0.2, 0) is 0 Å². The Kier molecular flexibility index (Phi) is 6.03. The van der Waals surface area contributed by atoms with Crippen molar-refractivity contribution < 1.29 is 0 Å². The molecular formula is C7H15N3. The van der Waals surface area contributed by atoms with Crippen LogP contribution in [0.2, 0.25) is 0 Å². The number of nitrogens with one attached hydrogen (secondary N) is 2. The van der Waals surface area contributed by atoms with Crippen molar-refractivity contribution in [2.75, 3.05) is 13.6 Å². The molecule has 0 aromatic rings. The third kappa shape index (κ3) is 4.24. The van der Waals surface area contributed by atoms with E-state index in [4.69, 9.17) is 5.41 Å². The summed E-state index contributed by atoms with van der Waals surface area (Å²) in [6, 6.07) is 2.36. The topological polar surface area (TPSA) is 48.2 Å². The maximum atomic E-state index is 6.63. The molecule has 58 valence electrons. The molecule has 0 aliphatic heterocycles. The molecule has 0 aromatic carbocycles. The highest BCUT2D eigenvalue weighted by atomic mass is 14.8. The molecule has 0 rings (SSSR count). The van der Waals surface area contributed by atoms with Gasteiger partial charge in [-0.1, -0.05) is 6.92 Å². The molecule has 2 N–H and O–H groups in total. The zero-order valence-electron chi connectivity index (χ0n) is 6.65. The van der Waals surface area contributed by atoms with Gasteiger partial charge in [-0.3, -0.25) is 0 Å². The highest BCUT2D eigenvalue weighted by molar-refractivity contribution is 5.36. The first kappa shape index (κ1) is 9.34. The van der Waals surface area contributed by atoms with E-state index in [1.165, 1.54) is 0 Å². The quantitative estimate of drug-likeness (QED) is 0.554. The van der Waals surface area contributed by atoms with Crippen LogP contribution in [0.3, 0.4) is 0 Å². The van der Waals surface area contributed by atoms with Crippen LogP contribution in [0.15, 0.2) is 4.99 Å². The minimum absolute atomic E-state index is 0.282. The van der Waals surface area contributed by atoms with E-state index < -0.39 is 0 Å². The summed E-state index contributed by atoms with van der Waals surface area (Å²) in [4.78, 5) is 3.86. The summed E-state index contributed by atoms with van der Waals surface area (Å²) >= 11 is 0. The predicted molar refractivity (Wildman–Crippen MR) is 42.8 cm³/mol. The van der Waals surface area contributed by atoms with Crippen LogP contribution in [0, 0.1) is 5.41 Å². The normalized spacial score (nSPS) is 12.2. The Labute approximate surface area is 62.1 Å². The molecule has 0 amide bonds. The molecule has 0 aliphatic carbocycles. The van der Waals surface area contributed by atoms with Gasteiger partial charge in [-0.05, 0) is 26.4 Å². The minimum Gasteiger partial charge on any atom is -0.320 e. The number of aliphatic imine (C=N–C) groups is 1. The van der Waals surface area contributed by atoms with Crippen molar-refractivity contribution in [1.82, 2.24) is 5.32 Å². The number of hydrogen-bond acceptors (Lipinski definition) is 3. The average molecular weight is 141 g/mol. The van der Waals surface area contributed by atoms with Gasteiger partial charge in [-0.2, -0.15) is 0 Å². The fourth-order valence-corrected chi connectivity index (χ4v) is 0.762. The van der Waals surface area contributed by atoms with Gasteiger partial charge in [-0.25, -0.2) is 10.4 Å². The number of rotatable bonds is 5. The standard InChI is InChI=1S/C7H15N3/c1-3-7(10-6-8)4-5-9-2/h7-9H,3-5H2,1-2H3. The second kappa shape index (κ2) is 6.46. The van der Waals surface area contributed by atoms with Gasteiger partial charge in [0.1, 0.15) is 0 Å². The highest BCUT2D eigenvalue weighted by Gasteiger charge is 2.00. The second-order valence-corrected chi connectivity index (χ2v) is 2.20. The van der Waals surface area contributed by atoms with Gasteiger partial charge in [0, 0.05) is 0 Å². The molecule has 0 radical (unpaired) electrons. The van der Waals surface area contributed by atoms with E-state index in [0.717, 1.165) is 19.4 Å². The first-order valence-corrected chi connectivity index (χ1v) is 3.61. The summed E-state index contributed by atoms with van der Waals surface area (Å²) in [5, 5.41) is 9.68. The molecule has 0 aromatic heterocycles. The number of nitrogens with zero attached hydrogens (tertiary/aromatic N) is 1. The summed E-state index contributed by atoms with van der Waals surface area (Å²) < 4.78 is 0. The van der Waals surface area contributed by atoms with Gasteiger partial charge in [0.05, 0.1) is 12.1 Å². The zero-order valence-corrected chi connectivity index (χ0v) is 6.65. The van der Waals surface area contributed by atoms with Crippen molar-refractivity contribution in [3.63, 3.8) is 0 Å². The zero-order chi connectivity index (χ0) is 7.82. The summed E-state index contributed by atoms with van der Waals surface area (Å²) in [5.74, 6) is 0. The molecule has 0 spiro atoms. The predicted octanol–water partition coefficient (Wildman–Crippen LogP) is 1.13. The smallest absolute Gasteiger partial charge is 0.0864 e. The van der Waals surface area contributed by atoms with Gasteiger partial charge >= 0.3 is 0 Å². The molecule has 0 aliphatic rings. The van der Waals surface area contributed by atoms with Crippen LogP contribution in [0.25, 0.3) is 0 Å². The van der Waals surface area contributed by atoms with Crippen LogP contribution < -0.4 is 5.32 Å². The molecule has 1 atom stereocenters. The van der Waals surface area contributed by atoms with E-state index in [1.807, 2.05) is 7.05 Å². The van der Waals surface area contributed by atoms with Crippen molar-refractivity contribution in [2.24, 2.45) is 4.99 Å². The summed E-state index contributed by atoms with van der Waals surface area (Å²) in [5.41, 5.74) is 0. The van der Waals surface area contributed by atoms with Crippen molar-refractivity contribution in [3.05, 3.63) is 0 Å². The highest BCUT2D eigenvalue weighted by Crippen LogP contribution is 1.99. The molecule has 1 unspecified atom stereocenters. The molecule has 3 nitrogen and oxygen atoms in total. The summed E-state index contributed by atoms with van der Waals surface area (Å²) in [6.07, 6.45) is 1.99. The minimum atomic E-state index is 0.282. The largest absolute Gasteiger partial charge is 0.320 e. The van der Waals surface area contributed by atoms with Crippen molar-refractivity contribution in [3.8, 4) is 0 Å². The second-order valence-electron chi connectivity index (χ2n) is 2.20. The Hall–Kier alpha value is -0.660. The first-order chi connectivity index (χ1) is 4.85. The van der Waals surface area contributed by atoms with Crippen molar-refractivity contribution in [2.45, 2.75) is 25.8 Å². The maximum Gasteiger partial charge on any atom is 0.0864 e. The Morgan fingerprint density at radius 3 is 2.80 bits per heavy atom. The third-order valence-electron chi connectivity index (χ3n) is 1.45. The van der Waals surface area contributed by atoms with E-state index in [2.05, 4.69) is 23.2 Å². The Bertz CT molecular complexity index is 116. The van der Waals surface area contributed by atoms with Crippen molar-refractivity contribution in [1.29, 1.82) is 5.41 Å². The van der Waals surface area contributed by atoms with E-state index in [-0.39, 0.29) is 6.04 Å². The van der Waals surface area contributed by atoms with Gasteiger partial charge in [0.15, 0.2) is 0 Å². The van der Waals surface area contributed by atoms with Gasteiger partial charge in [0.25, 0.3) is 0 Å². The Morgan fingerprint density at radius 2 is 2.40 bits per heavy atom. The van der Waals surface area contributed by atoms with Crippen LogP contribution >= 0.6 is 0 Å². The fraction of sp³-hybridized carbons (Fsp3) is 0.857. The average Bonchev–Trinajstić information content (AvgIpc) is 1.98. The SMILES string of the molecule is CCC(CCNC)N=C=N. The van der Waals surface area contributed by atoms with Gasteiger partial charge in [0.2, 0.25) is 0 Å². The lowest BCUT2D eigenvalue weighted by Gasteiger charge is -2.05. The Morgan fingerprint density at radius 1 is 1.70 bits per heavy atom. The molecule has 0 fully saturated rings. The molecule has 10 heavy (non-hydrogen) atoms.